The molecule has 1 aromatic carbocycles. The van der Waals surface area contributed by atoms with Gasteiger partial charge in [-0.25, -0.2) is 0 Å². The Balaban J connectivity index is 1.90. The maximum absolute atomic E-state index is 6.15. The summed E-state index contributed by atoms with van der Waals surface area (Å²) in [5.74, 6) is 0. The highest BCUT2D eigenvalue weighted by Crippen LogP contribution is 2.26. The number of rotatable bonds is 3. The van der Waals surface area contributed by atoms with Gasteiger partial charge in [-0.1, -0.05) is 30.5 Å². The largest absolute Gasteiger partial charge is 0.347 e. The van der Waals surface area contributed by atoms with Crippen LogP contribution in [-0.2, 0) is 13.1 Å². The van der Waals surface area contributed by atoms with Gasteiger partial charge < -0.3 is 4.57 Å². The first-order valence-electron chi connectivity index (χ1n) is 7.77. The molecule has 0 aliphatic carbocycles. The van der Waals surface area contributed by atoms with E-state index >= 15 is 0 Å². The summed E-state index contributed by atoms with van der Waals surface area (Å²) in [6, 6.07) is 6.28. The molecule has 0 radical (unpaired) electrons. The van der Waals surface area contributed by atoms with Gasteiger partial charge in [0.05, 0.1) is 0 Å². The standard InChI is InChI=1S/C17H23ClN2/c1-2-20-13-14(12-19-9-5-3-4-6-10-19)16-8-7-15(18)11-17(16)20/h7-8,11,13H,2-6,9-10,12H2,1H3. The average Bonchev–Trinajstić information content (AvgIpc) is 2.63. The number of hydrogen-bond donors (Lipinski definition) is 0. The maximum Gasteiger partial charge on any atom is 0.0498 e. The molecule has 108 valence electrons. The van der Waals surface area contributed by atoms with E-state index in [1.165, 1.54) is 55.2 Å². The lowest BCUT2D eigenvalue weighted by atomic mass is 10.1. The maximum atomic E-state index is 6.15. The zero-order chi connectivity index (χ0) is 13.9. The van der Waals surface area contributed by atoms with E-state index in [4.69, 9.17) is 11.6 Å². The lowest BCUT2D eigenvalue weighted by Crippen LogP contribution is -2.23. The molecule has 3 rings (SSSR count). The third-order valence-corrected chi connectivity index (χ3v) is 4.60. The molecule has 0 atom stereocenters. The highest BCUT2D eigenvalue weighted by Gasteiger charge is 2.13. The number of hydrogen-bond acceptors (Lipinski definition) is 1. The second kappa shape index (κ2) is 6.19. The molecule has 2 heterocycles. The van der Waals surface area contributed by atoms with Gasteiger partial charge in [-0.3, -0.25) is 4.90 Å². The molecule has 1 aliphatic heterocycles. The summed E-state index contributed by atoms with van der Waals surface area (Å²) in [5.41, 5.74) is 2.71. The van der Waals surface area contributed by atoms with Gasteiger partial charge in [-0.15, -0.1) is 0 Å². The summed E-state index contributed by atoms with van der Waals surface area (Å²) in [6.45, 7) is 6.75. The van der Waals surface area contributed by atoms with Crippen molar-refractivity contribution in [3.63, 3.8) is 0 Å². The van der Waals surface area contributed by atoms with Crippen LogP contribution in [0.2, 0.25) is 5.02 Å². The molecule has 1 fully saturated rings. The molecule has 1 aliphatic rings. The molecular weight excluding hydrogens is 268 g/mol. The number of aryl methyl sites for hydroxylation is 1. The van der Waals surface area contributed by atoms with Crippen molar-refractivity contribution in [2.75, 3.05) is 13.1 Å². The van der Waals surface area contributed by atoms with Gasteiger partial charge in [-0.05, 0) is 50.6 Å². The highest BCUT2D eigenvalue weighted by atomic mass is 35.5. The molecule has 2 nitrogen and oxygen atoms in total. The number of halogens is 1. The fourth-order valence-electron chi connectivity index (χ4n) is 3.26. The molecule has 0 amide bonds. The van der Waals surface area contributed by atoms with Crippen LogP contribution in [0.1, 0.15) is 38.2 Å². The lowest BCUT2D eigenvalue weighted by Gasteiger charge is -2.19. The third kappa shape index (κ3) is 2.87. The molecule has 2 aromatic rings. The second-order valence-electron chi connectivity index (χ2n) is 5.79. The van der Waals surface area contributed by atoms with Gasteiger partial charge in [-0.2, -0.15) is 0 Å². The quantitative estimate of drug-likeness (QED) is 0.796. The Hall–Kier alpha value is -0.990. The Morgan fingerprint density at radius 1 is 1.10 bits per heavy atom. The Kier molecular flexibility index (Phi) is 4.32. The Morgan fingerprint density at radius 3 is 2.55 bits per heavy atom. The summed E-state index contributed by atoms with van der Waals surface area (Å²) in [6.07, 6.45) is 7.79. The van der Waals surface area contributed by atoms with Crippen LogP contribution in [0.15, 0.2) is 24.4 Å². The number of likely N-dealkylation sites (tertiary alicyclic amines) is 1. The van der Waals surface area contributed by atoms with Crippen LogP contribution in [0, 0.1) is 0 Å². The van der Waals surface area contributed by atoms with E-state index in [2.05, 4.69) is 34.7 Å². The molecule has 20 heavy (non-hydrogen) atoms. The van der Waals surface area contributed by atoms with E-state index in [9.17, 15) is 0 Å². The number of benzene rings is 1. The van der Waals surface area contributed by atoms with Crippen molar-refractivity contribution in [1.29, 1.82) is 0 Å². The smallest absolute Gasteiger partial charge is 0.0498 e. The van der Waals surface area contributed by atoms with E-state index in [-0.39, 0.29) is 0 Å². The third-order valence-electron chi connectivity index (χ3n) is 4.36. The molecule has 1 saturated heterocycles. The lowest BCUT2D eigenvalue weighted by molar-refractivity contribution is 0.278. The number of aromatic nitrogens is 1. The van der Waals surface area contributed by atoms with Gasteiger partial charge in [0.2, 0.25) is 0 Å². The predicted molar refractivity (Wildman–Crippen MR) is 86.4 cm³/mol. The van der Waals surface area contributed by atoms with Crippen molar-refractivity contribution >= 4 is 22.5 Å². The minimum absolute atomic E-state index is 0.826. The fourth-order valence-corrected chi connectivity index (χ4v) is 3.43. The predicted octanol–water partition coefficient (Wildman–Crippen LogP) is 4.69. The number of nitrogens with zero attached hydrogens (tertiary/aromatic N) is 2. The topological polar surface area (TPSA) is 8.17 Å². The average molecular weight is 291 g/mol. The fraction of sp³-hybridized carbons (Fsp3) is 0.529. The molecule has 1 aromatic heterocycles. The van der Waals surface area contributed by atoms with E-state index in [1.807, 2.05) is 6.07 Å². The van der Waals surface area contributed by atoms with Crippen LogP contribution in [0.4, 0.5) is 0 Å². The Labute approximate surface area is 126 Å². The van der Waals surface area contributed by atoms with Crippen LogP contribution >= 0.6 is 11.6 Å². The van der Waals surface area contributed by atoms with E-state index in [0.717, 1.165) is 18.1 Å². The first-order valence-corrected chi connectivity index (χ1v) is 8.15. The van der Waals surface area contributed by atoms with Crippen LogP contribution in [0.3, 0.4) is 0 Å². The molecule has 0 unspecified atom stereocenters. The molecule has 0 saturated carbocycles. The normalized spacial score (nSPS) is 17.5. The summed E-state index contributed by atoms with van der Waals surface area (Å²) < 4.78 is 2.31. The van der Waals surface area contributed by atoms with Crippen molar-refractivity contribution in [1.82, 2.24) is 9.47 Å². The highest BCUT2D eigenvalue weighted by molar-refractivity contribution is 6.31. The molecule has 3 heteroatoms. The van der Waals surface area contributed by atoms with Gasteiger partial charge in [0.15, 0.2) is 0 Å². The van der Waals surface area contributed by atoms with E-state index < -0.39 is 0 Å². The Morgan fingerprint density at radius 2 is 1.85 bits per heavy atom. The molecule has 0 bridgehead atoms. The molecule has 0 N–H and O–H groups in total. The van der Waals surface area contributed by atoms with Gasteiger partial charge >= 0.3 is 0 Å². The summed E-state index contributed by atoms with van der Waals surface area (Å²) in [4.78, 5) is 2.61. The van der Waals surface area contributed by atoms with Crippen molar-refractivity contribution in [3.05, 3.63) is 35.0 Å². The summed E-state index contributed by atoms with van der Waals surface area (Å²) in [5, 5.41) is 2.19. The van der Waals surface area contributed by atoms with Crippen LogP contribution in [-0.4, -0.2) is 22.6 Å². The number of fused-ring (bicyclic) bond motifs is 1. The first kappa shape index (κ1) is 14.0. The SMILES string of the molecule is CCn1cc(CN2CCCCCC2)c2ccc(Cl)cc21. The van der Waals surface area contributed by atoms with Crippen molar-refractivity contribution in [2.24, 2.45) is 0 Å². The van der Waals surface area contributed by atoms with Crippen molar-refractivity contribution < 1.29 is 0 Å². The van der Waals surface area contributed by atoms with Crippen molar-refractivity contribution in [3.8, 4) is 0 Å². The second-order valence-corrected chi connectivity index (χ2v) is 6.23. The van der Waals surface area contributed by atoms with E-state index in [0.29, 0.717) is 0 Å². The minimum atomic E-state index is 0.826. The van der Waals surface area contributed by atoms with E-state index in [1.54, 1.807) is 0 Å². The minimum Gasteiger partial charge on any atom is -0.347 e. The van der Waals surface area contributed by atoms with Crippen LogP contribution in [0.25, 0.3) is 10.9 Å². The van der Waals surface area contributed by atoms with Gasteiger partial charge in [0.25, 0.3) is 0 Å². The van der Waals surface area contributed by atoms with Gasteiger partial charge in [0.1, 0.15) is 0 Å². The first-order chi connectivity index (χ1) is 9.78. The zero-order valence-corrected chi connectivity index (χ0v) is 13.0. The molecule has 0 spiro atoms. The van der Waals surface area contributed by atoms with Crippen LogP contribution in [0.5, 0.6) is 0 Å². The molecular formula is C17H23ClN2. The monoisotopic (exact) mass is 290 g/mol. The zero-order valence-electron chi connectivity index (χ0n) is 12.2. The van der Waals surface area contributed by atoms with Crippen LogP contribution < -0.4 is 0 Å². The van der Waals surface area contributed by atoms with Gasteiger partial charge in [0, 0.05) is 35.2 Å². The summed E-state index contributed by atoms with van der Waals surface area (Å²) in [7, 11) is 0. The summed E-state index contributed by atoms with van der Waals surface area (Å²) >= 11 is 6.15. The van der Waals surface area contributed by atoms with Crippen molar-refractivity contribution in [2.45, 2.75) is 45.7 Å². The Bertz CT molecular complexity index is 580.